The van der Waals surface area contributed by atoms with E-state index in [1.54, 1.807) is 0 Å². The maximum atomic E-state index is 11.1. The number of hydrogen-bond donors (Lipinski definition) is 1. The van der Waals surface area contributed by atoms with E-state index >= 15 is 0 Å². The number of amides is 1. The Labute approximate surface area is 102 Å². The van der Waals surface area contributed by atoms with Crippen molar-refractivity contribution in [1.82, 2.24) is 5.32 Å². The van der Waals surface area contributed by atoms with E-state index in [2.05, 4.69) is 16.6 Å². The third-order valence-corrected chi connectivity index (χ3v) is 1.55. The Kier molecular flexibility index (Phi) is 8.77. The van der Waals surface area contributed by atoms with Crippen molar-refractivity contribution in [1.29, 1.82) is 0 Å². The Bertz CT molecular complexity index is 258. The molecule has 0 radical (unpaired) electrons. The molecule has 6 nitrogen and oxygen atoms in total. The number of rotatable bonds is 8. The van der Waals surface area contributed by atoms with Crippen molar-refractivity contribution >= 4 is 12.1 Å². The van der Waals surface area contributed by atoms with Crippen molar-refractivity contribution < 1.29 is 25.2 Å². The molecule has 0 bridgehead atoms. The van der Waals surface area contributed by atoms with Crippen molar-refractivity contribution in [2.24, 2.45) is 0 Å². The molecule has 0 aromatic heterocycles. The lowest BCUT2D eigenvalue weighted by molar-refractivity contribution is -0.137. The van der Waals surface area contributed by atoms with Gasteiger partial charge < -0.3 is 19.5 Å². The molecule has 0 fully saturated rings. The molecule has 0 atom stereocenters. The van der Waals surface area contributed by atoms with Gasteiger partial charge in [0.15, 0.2) is 0 Å². The van der Waals surface area contributed by atoms with E-state index in [4.69, 9.17) is 9.47 Å². The molecule has 0 heterocycles. The summed E-state index contributed by atoms with van der Waals surface area (Å²) in [6, 6.07) is 0. The molecule has 0 saturated carbocycles. The van der Waals surface area contributed by atoms with Crippen molar-refractivity contribution in [3.05, 3.63) is 12.7 Å². The molecule has 17 heavy (non-hydrogen) atoms. The summed E-state index contributed by atoms with van der Waals surface area (Å²) in [5, 5.41) is 2.42. The number of ether oxygens (including phenoxy) is 3. The first kappa shape index (κ1) is 15.4. The second-order valence-electron chi connectivity index (χ2n) is 3.35. The molecule has 0 aromatic carbocycles. The minimum absolute atomic E-state index is 0. The van der Waals surface area contributed by atoms with Gasteiger partial charge in [-0.3, -0.25) is 0 Å². The third-order valence-electron chi connectivity index (χ3n) is 1.55. The quantitative estimate of drug-likeness (QED) is 0.395. The lowest BCUT2D eigenvalue weighted by atomic mass is 10.5. The van der Waals surface area contributed by atoms with Gasteiger partial charge in [-0.25, -0.2) is 9.59 Å². The van der Waals surface area contributed by atoms with E-state index in [0.29, 0.717) is 6.61 Å². The van der Waals surface area contributed by atoms with Crippen molar-refractivity contribution in [2.45, 2.75) is 20.0 Å². The predicted octanol–water partition coefficient (Wildman–Crippen LogP) is 1.11. The third kappa shape index (κ3) is 10.7. The molecule has 0 unspecified atom stereocenters. The van der Waals surface area contributed by atoms with E-state index in [-0.39, 0.29) is 27.3 Å². The zero-order chi connectivity index (χ0) is 13.1. The summed E-state index contributed by atoms with van der Waals surface area (Å²) in [5.74, 6) is -0.523. The van der Waals surface area contributed by atoms with Gasteiger partial charge >= 0.3 is 12.1 Å². The van der Waals surface area contributed by atoms with Crippen LogP contribution in [0, 0.1) is 0 Å². The van der Waals surface area contributed by atoms with E-state index in [1.807, 2.05) is 13.8 Å². The molecule has 0 rings (SSSR count). The number of nitrogens with one attached hydrogen (secondary N) is 1. The molecule has 1 amide bonds. The number of hydrogen-bond acceptors (Lipinski definition) is 5. The molecule has 6 heteroatoms. The minimum Gasteiger partial charge on any atom is -0.461 e. The van der Waals surface area contributed by atoms with E-state index < -0.39 is 12.1 Å². The Hall–Kier alpha value is -1.56. The fourth-order valence-corrected chi connectivity index (χ4v) is 0.833. The molecule has 0 spiro atoms. The molecular weight excluding hydrogens is 226 g/mol. The molecular formula is C11H21NO5. The van der Waals surface area contributed by atoms with Crippen LogP contribution in [-0.2, 0) is 19.0 Å². The smallest absolute Gasteiger partial charge is 0.407 e. The Morgan fingerprint density at radius 3 is 2.59 bits per heavy atom. The van der Waals surface area contributed by atoms with Gasteiger partial charge in [-0.2, -0.15) is 0 Å². The number of alkyl carbamates (subject to hydrolysis) is 1. The SMILES string of the molecule is C=CC(=O)OCCNC(=O)OCCOC(C)C.[HH]. The average Bonchev–Trinajstić information content (AvgIpc) is 2.29. The zero-order valence-electron chi connectivity index (χ0n) is 10.2. The van der Waals surface area contributed by atoms with Gasteiger partial charge in [0, 0.05) is 7.50 Å². The van der Waals surface area contributed by atoms with Crippen LogP contribution < -0.4 is 5.32 Å². The summed E-state index contributed by atoms with van der Waals surface area (Å²) in [6.45, 7) is 7.86. The van der Waals surface area contributed by atoms with Gasteiger partial charge in [0.25, 0.3) is 0 Å². The molecule has 0 aliphatic carbocycles. The van der Waals surface area contributed by atoms with Crippen molar-refractivity contribution in [3.8, 4) is 0 Å². The second kappa shape index (κ2) is 9.65. The molecule has 0 aliphatic rings. The summed E-state index contributed by atoms with van der Waals surface area (Å²) < 4.78 is 14.6. The summed E-state index contributed by atoms with van der Waals surface area (Å²) in [6.07, 6.45) is 0.605. The highest BCUT2D eigenvalue weighted by Gasteiger charge is 2.02. The van der Waals surface area contributed by atoms with Gasteiger partial charge in [-0.1, -0.05) is 6.58 Å². The van der Waals surface area contributed by atoms with Gasteiger partial charge in [0.1, 0.15) is 13.2 Å². The van der Waals surface area contributed by atoms with Crippen LogP contribution in [0.25, 0.3) is 0 Å². The Balaban J connectivity index is 0. The van der Waals surface area contributed by atoms with Gasteiger partial charge in [0.05, 0.1) is 19.3 Å². The Morgan fingerprint density at radius 2 is 2.00 bits per heavy atom. The van der Waals surface area contributed by atoms with E-state index in [9.17, 15) is 9.59 Å². The summed E-state index contributed by atoms with van der Waals surface area (Å²) in [7, 11) is 0. The van der Waals surface area contributed by atoms with E-state index in [1.165, 1.54) is 0 Å². The summed E-state index contributed by atoms with van der Waals surface area (Å²) >= 11 is 0. The van der Waals surface area contributed by atoms with E-state index in [0.717, 1.165) is 6.08 Å². The highest BCUT2D eigenvalue weighted by atomic mass is 16.6. The van der Waals surface area contributed by atoms with Gasteiger partial charge in [0.2, 0.25) is 0 Å². The lowest BCUT2D eigenvalue weighted by Crippen LogP contribution is -2.29. The molecule has 0 aliphatic heterocycles. The van der Waals surface area contributed by atoms with Gasteiger partial charge in [-0.05, 0) is 13.8 Å². The first-order valence-corrected chi connectivity index (χ1v) is 5.37. The fraction of sp³-hybridized carbons (Fsp3) is 0.636. The number of carbonyl (C=O) groups excluding carboxylic acids is 2. The molecule has 1 N–H and O–H groups in total. The molecule has 0 aromatic rings. The minimum atomic E-state index is -0.563. The molecule has 100 valence electrons. The lowest BCUT2D eigenvalue weighted by Gasteiger charge is -2.09. The average molecular weight is 247 g/mol. The van der Waals surface area contributed by atoms with Crippen LogP contribution in [0.2, 0.25) is 0 Å². The summed E-state index contributed by atoms with van der Waals surface area (Å²) in [5.41, 5.74) is 0. The van der Waals surface area contributed by atoms with Crippen LogP contribution in [-0.4, -0.2) is 44.5 Å². The maximum absolute atomic E-state index is 11.1. The summed E-state index contributed by atoms with van der Waals surface area (Å²) in [4.78, 5) is 21.7. The largest absolute Gasteiger partial charge is 0.461 e. The standard InChI is InChI=1S/C11H19NO5.H2/c1-4-10(13)16-6-5-12-11(14)17-8-7-15-9(2)3;/h4,9H,1,5-8H2,2-3H3,(H,12,14);1H. The fourth-order valence-electron chi connectivity index (χ4n) is 0.833. The zero-order valence-corrected chi connectivity index (χ0v) is 10.2. The van der Waals surface area contributed by atoms with Crippen LogP contribution in [0.15, 0.2) is 12.7 Å². The topological polar surface area (TPSA) is 73.9 Å². The highest BCUT2D eigenvalue weighted by molar-refractivity contribution is 5.81. The number of carbonyl (C=O) groups is 2. The monoisotopic (exact) mass is 247 g/mol. The predicted molar refractivity (Wildman–Crippen MR) is 63.7 cm³/mol. The van der Waals surface area contributed by atoms with Gasteiger partial charge in [-0.15, -0.1) is 0 Å². The van der Waals surface area contributed by atoms with Crippen LogP contribution in [0.4, 0.5) is 4.79 Å². The van der Waals surface area contributed by atoms with Crippen LogP contribution >= 0.6 is 0 Å². The maximum Gasteiger partial charge on any atom is 0.407 e. The highest BCUT2D eigenvalue weighted by Crippen LogP contribution is 1.87. The normalized spacial score (nSPS) is 9.82. The van der Waals surface area contributed by atoms with Crippen molar-refractivity contribution in [3.63, 3.8) is 0 Å². The van der Waals surface area contributed by atoms with Crippen LogP contribution in [0.3, 0.4) is 0 Å². The number of esters is 1. The molecule has 0 saturated heterocycles. The van der Waals surface area contributed by atoms with Crippen LogP contribution in [0.5, 0.6) is 0 Å². The first-order chi connectivity index (χ1) is 8.06. The second-order valence-corrected chi connectivity index (χ2v) is 3.35. The van der Waals surface area contributed by atoms with Crippen molar-refractivity contribution in [2.75, 3.05) is 26.4 Å². The van der Waals surface area contributed by atoms with Crippen LogP contribution in [0.1, 0.15) is 15.3 Å². The Morgan fingerprint density at radius 1 is 1.29 bits per heavy atom. The first-order valence-electron chi connectivity index (χ1n) is 5.37.